The molecule has 3 heterocycles. The first-order valence-corrected chi connectivity index (χ1v) is 20.2. The molecule has 0 spiro atoms. The molecule has 3 rings (SSSR count). The summed E-state index contributed by atoms with van der Waals surface area (Å²) >= 11 is 0. The minimum Gasteiger partial charge on any atom is -0.459 e. The summed E-state index contributed by atoms with van der Waals surface area (Å²) < 4.78 is 56.6. The molecule has 3 aliphatic heterocycles. The van der Waals surface area contributed by atoms with E-state index in [0.29, 0.717) is 12.0 Å². The Morgan fingerprint density at radius 1 is 0.877 bits per heavy atom. The quantitative estimate of drug-likeness (QED) is 0.241. The summed E-state index contributed by atoms with van der Waals surface area (Å²) in [4.78, 5) is 55.0. The highest BCUT2D eigenvalue weighted by molar-refractivity contribution is 5.96. The number of ether oxygens (including phenoxy) is 9. The maximum absolute atomic E-state index is 14.3. The molecule has 0 aromatic rings. The van der Waals surface area contributed by atoms with Gasteiger partial charge in [0.2, 0.25) is 0 Å². The van der Waals surface area contributed by atoms with Gasteiger partial charge >= 0.3 is 17.9 Å². The molecular formula is C42H71NO14. The number of carbonyl (C=O) groups is 4. The van der Waals surface area contributed by atoms with E-state index in [1.807, 2.05) is 39.8 Å². The monoisotopic (exact) mass is 813 g/mol. The van der Waals surface area contributed by atoms with Crippen molar-refractivity contribution in [3.05, 3.63) is 11.6 Å². The molecule has 0 aromatic heterocycles. The van der Waals surface area contributed by atoms with Crippen LogP contribution in [-0.2, 0) is 61.8 Å². The Bertz CT molecular complexity index is 1430. The molecular weight excluding hydrogens is 742 g/mol. The highest BCUT2D eigenvalue weighted by Gasteiger charge is 2.54. The zero-order valence-corrected chi connectivity index (χ0v) is 37.1. The average molecular weight is 814 g/mol. The SMILES string of the molecule is CC[C@H]1OC(=O)[C@H](C)[C@@H](O[C@H]2C[C@@](C)(OC)[C@@H](OC(C)=O)[C@H](C)O2)[C@H](C)C(O[C@@H]2O[C@H](C)C[C@H](N(C)C)[C@H]2OC(C)=O)[C@](C)(OC)C[C@@H](C)C(=O)/C(C)=C/[C@]1(C)O. The van der Waals surface area contributed by atoms with Crippen molar-refractivity contribution in [2.24, 2.45) is 17.8 Å². The molecule has 2 fully saturated rings. The second-order valence-corrected chi connectivity index (χ2v) is 17.4. The van der Waals surface area contributed by atoms with E-state index >= 15 is 0 Å². The summed E-state index contributed by atoms with van der Waals surface area (Å²) in [6.07, 6.45) is -5.10. The largest absolute Gasteiger partial charge is 0.459 e. The Hall–Kier alpha value is -2.50. The van der Waals surface area contributed by atoms with Crippen LogP contribution in [-0.4, -0.2) is 140 Å². The van der Waals surface area contributed by atoms with E-state index < -0.39 is 102 Å². The molecule has 1 unspecified atom stereocenters. The zero-order chi connectivity index (χ0) is 43.4. The Morgan fingerprint density at radius 2 is 1.46 bits per heavy atom. The minimum atomic E-state index is -1.68. The Labute approximate surface area is 339 Å². The van der Waals surface area contributed by atoms with E-state index in [1.54, 1.807) is 41.5 Å². The molecule has 0 aromatic carbocycles. The van der Waals surface area contributed by atoms with Crippen LogP contribution in [0.3, 0.4) is 0 Å². The highest BCUT2D eigenvalue weighted by Crippen LogP contribution is 2.42. The van der Waals surface area contributed by atoms with E-state index in [0.717, 1.165) is 0 Å². The summed E-state index contributed by atoms with van der Waals surface area (Å²) in [6, 6.07) is -0.271. The number of carbonyl (C=O) groups excluding carboxylic acids is 4. The number of Topliss-reactive ketones (excluding diaryl/α,β-unsaturated/α-hetero) is 1. The first kappa shape index (κ1) is 48.9. The topological polar surface area (TPSA) is 175 Å². The third-order valence-corrected chi connectivity index (χ3v) is 12.1. The number of methoxy groups -OCH3 is 2. The van der Waals surface area contributed by atoms with Crippen molar-refractivity contribution in [1.29, 1.82) is 0 Å². The third-order valence-electron chi connectivity index (χ3n) is 12.1. The van der Waals surface area contributed by atoms with Gasteiger partial charge in [-0.15, -0.1) is 0 Å². The molecule has 0 bridgehead atoms. The van der Waals surface area contributed by atoms with Crippen LogP contribution in [0.25, 0.3) is 0 Å². The van der Waals surface area contributed by atoms with Gasteiger partial charge in [0.1, 0.15) is 17.3 Å². The number of esters is 3. The van der Waals surface area contributed by atoms with Crippen molar-refractivity contribution < 1.29 is 66.9 Å². The molecule has 15 nitrogen and oxygen atoms in total. The predicted molar refractivity (Wildman–Crippen MR) is 209 cm³/mol. The fourth-order valence-corrected chi connectivity index (χ4v) is 8.96. The summed E-state index contributed by atoms with van der Waals surface area (Å²) in [5.41, 5.74) is -3.65. The first-order chi connectivity index (χ1) is 26.3. The molecule has 2 saturated heterocycles. The molecule has 0 amide bonds. The smallest absolute Gasteiger partial charge is 0.311 e. The number of allylic oxidation sites excluding steroid dienone is 1. The van der Waals surface area contributed by atoms with Crippen molar-refractivity contribution in [2.75, 3.05) is 28.3 Å². The van der Waals surface area contributed by atoms with Crippen LogP contribution in [0.4, 0.5) is 0 Å². The van der Waals surface area contributed by atoms with Gasteiger partial charge in [-0.3, -0.25) is 19.2 Å². The van der Waals surface area contributed by atoms with Gasteiger partial charge in [-0.05, 0) is 93.5 Å². The van der Waals surface area contributed by atoms with Gasteiger partial charge < -0.3 is 52.6 Å². The number of ketones is 1. The molecule has 328 valence electrons. The maximum Gasteiger partial charge on any atom is 0.311 e. The van der Waals surface area contributed by atoms with Crippen LogP contribution in [0.15, 0.2) is 11.6 Å². The van der Waals surface area contributed by atoms with E-state index in [9.17, 15) is 24.3 Å². The third kappa shape index (κ3) is 11.6. The van der Waals surface area contributed by atoms with E-state index in [4.69, 9.17) is 42.6 Å². The standard InChI is InChI=1S/C42H71NO14/c1-17-31-40(10,48)19-22(2)33(46)23(3)20-41(11,49-15)36(57-39-35(53-28(8)44)30(43(13)14)18-24(4)51-39)25(5)34(26(6)38(47)55-31)56-32-21-42(12,50-16)37(27(7)52-32)54-29(9)45/h19,23-27,30-32,34-37,39,48H,17-18,20-21H2,1-16H3/b22-19+/t23-,24-,25+,26-,27+,30+,31-,32+,34+,35-,36?,37+,39+,40+,41-,42-/m1/s1. The molecule has 0 aliphatic carbocycles. The second-order valence-electron chi connectivity index (χ2n) is 17.4. The lowest BCUT2D eigenvalue weighted by molar-refractivity contribution is -0.320. The minimum absolute atomic E-state index is 0.119. The van der Waals surface area contributed by atoms with Crippen molar-refractivity contribution in [2.45, 2.75) is 187 Å². The molecule has 16 atom stereocenters. The fraction of sp³-hybridized carbons (Fsp3) is 0.857. The lowest BCUT2D eigenvalue weighted by atomic mass is 9.76. The number of likely N-dealkylation sites (N-methyl/N-ethyl adjacent to an activating group) is 1. The van der Waals surface area contributed by atoms with Crippen LogP contribution < -0.4 is 0 Å². The number of aliphatic hydroxyl groups is 1. The summed E-state index contributed by atoms with van der Waals surface area (Å²) in [7, 11) is 6.83. The average Bonchev–Trinajstić information content (AvgIpc) is 3.11. The van der Waals surface area contributed by atoms with Gasteiger partial charge in [-0.25, -0.2) is 0 Å². The Balaban J connectivity index is 2.27. The number of cyclic esters (lactones) is 1. The van der Waals surface area contributed by atoms with Crippen molar-refractivity contribution in [3.8, 4) is 0 Å². The lowest BCUT2D eigenvalue weighted by Gasteiger charge is -2.50. The molecule has 3 aliphatic rings. The maximum atomic E-state index is 14.3. The van der Waals surface area contributed by atoms with Gasteiger partial charge in [0, 0.05) is 46.3 Å². The summed E-state index contributed by atoms with van der Waals surface area (Å²) in [5.74, 6) is -4.26. The van der Waals surface area contributed by atoms with Gasteiger partial charge in [0.05, 0.1) is 42.0 Å². The molecule has 0 saturated carbocycles. The van der Waals surface area contributed by atoms with Crippen molar-refractivity contribution >= 4 is 23.7 Å². The van der Waals surface area contributed by atoms with Crippen LogP contribution in [0.2, 0.25) is 0 Å². The van der Waals surface area contributed by atoms with Gasteiger partial charge in [0.25, 0.3) is 0 Å². The summed E-state index contributed by atoms with van der Waals surface area (Å²) in [6.45, 7) is 20.2. The lowest BCUT2D eigenvalue weighted by Crippen LogP contribution is -2.61. The first-order valence-electron chi connectivity index (χ1n) is 20.2. The van der Waals surface area contributed by atoms with Gasteiger partial charge in [-0.2, -0.15) is 0 Å². The van der Waals surface area contributed by atoms with Crippen molar-refractivity contribution in [1.82, 2.24) is 4.90 Å². The molecule has 15 heteroatoms. The number of nitrogens with zero attached hydrogens (tertiary/aromatic N) is 1. The Kier molecular flexibility index (Phi) is 16.9. The van der Waals surface area contributed by atoms with Crippen molar-refractivity contribution in [3.63, 3.8) is 0 Å². The normalized spacial score (nSPS) is 43.7. The molecule has 1 N–H and O–H groups in total. The number of hydrogen-bond donors (Lipinski definition) is 1. The summed E-state index contributed by atoms with van der Waals surface area (Å²) in [5, 5.41) is 11.6. The van der Waals surface area contributed by atoms with Crippen LogP contribution >= 0.6 is 0 Å². The van der Waals surface area contributed by atoms with E-state index in [2.05, 4.69) is 0 Å². The fourth-order valence-electron chi connectivity index (χ4n) is 8.96. The molecule has 0 radical (unpaired) electrons. The van der Waals surface area contributed by atoms with Crippen LogP contribution in [0.1, 0.15) is 109 Å². The van der Waals surface area contributed by atoms with E-state index in [1.165, 1.54) is 41.1 Å². The van der Waals surface area contributed by atoms with Gasteiger partial charge in [0.15, 0.2) is 30.6 Å². The zero-order valence-electron chi connectivity index (χ0n) is 37.1. The molecule has 57 heavy (non-hydrogen) atoms. The Morgan fingerprint density at radius 3 is 1.98 bits per heavy atom. The van der Waals surface area contributed by atoms with Crippen LogP contribution in [0, 0.1) is 17.8 Å². The second kappa shape index (κ2) is 19.7. The van der Waals surface area contributed by atoms with E-state index in [-0.39, 0.29) is 37.2 Å². The van der Waals surface area contributed by atoms with Crippen LogP contribution in [0.5, 0.6) is 0 Å². The predicted octanol–water partition coefficient (Wildman–Crippen LogP) is 4.53. The number of hydrogen-bond acceptors (Lipinski definition) is 15. The highest BCUT2D eigenvalue weighted by atomic mass is 16.7. The number of rotatable bonds is 10. The van der Waals surface area contributed by atoms with Gasteiger partial charge in [-0.1, -0.05) is 20.8 Å².